The minimum absolute atomic E-state index is 0.112. The van der Waals surface area contributed by atoms with Crippen LogP contribution in [0.3, 0.4) is 0 Å². The van der Waals surface area contributed by atoms with Gasteiger partial charge in [-0.2, -0.15) is 0 Å². The van der Waals surface area contributed by atoms with Gasteiger partial charge in [0.05, 0.1) is 14.2 Å². The second-order valence-corrected chi connectivity index (χ2v) is 5.78. The lowest BCUT2D eigenvalue weighted by Gasteiger charge is -2.12. The van der Waals surface area contributed by atoms with Gasteiger partial charge in [0.25, 0.3) is 5.91 Å². The van der Waals surface area contributed by atoms with Crippen molar-refractivity contribution in [3.8, 4) is 22.6 Å². The highest BCUT2D eigenvalue weighted by atomic mass is 16.5. The van der Waals surface area contributed by atoms with E-state index >= 15 is 0 Å². The van der Waals surface area contributed by atoms with E-state index in [1.54, 1.807) is 14.2 Å². The molecule has 0 radical (unpaired) electrons. The second kappa shape index (κ2) is 8.21. The smallest absolute Gasteiger partial charge is 0.252 e. The summed E-state index contributed by atoms with van der Waals surface area (Å²) in [6.07, 6.45) is 0. The molecule has 4 nitrogen and oxygen atoms in total. The van der Waals surface area contributed by atoms with Crippen LogP contribution in [-0.2, 0) is 6.54 Å². The Kier molecular flexibility index (Phi) is 5.54. The normalized spacial score (nSPS) is 10.2. The number of methoxy groups -OCH3 is 2. The third-order valence-electron chi connectivity index (χ3n) is 4.16. The van der Waals surface area contributed by atoms with Gasteiger partial charge in [0.15, 0.2) is 11.5 Å². The van der Waals surface area contributed by atoms with Crippen molar-refractivity contribution in [3.63, 3.8) is 0 Å². The lowest BCUT2D eigenvalue weighted by Crippen LogP contribution is -2.23. The van der Waals surface area contributed by atoms with Crippen molar-refractivity contribution in [1.82, 2.24) is 5.32 Å². The Labute approximate surface area is 153 Å². The summed E-state index contributed by atoms with van der Waals surface area (Å²) in [4.78, 5) is 12.7. The summed E-state index contributed by atoms with van der Waals surface area (Å²) < 4.78 is 10.5. The summed E-state index contributed by atoms with van der Waals surface area (Å²) in [6.45, 7) is 0.405. The highest BCUT2D eigenvalue weighted by Gasteiger charge is 2.12. The van der Waals surface area contributed by atoms with Gasteiger partial charge in [-0.25, -0.2) is 0 Å². The summed E-state index contributed by atoms with van der Waals surface area (Å²) in [5.74, 6) is 1.19. The standard InChI is InChI=1S/C22H21NO3/c1-25-20-13-12-16(14-21(20)26-2)15-23-22(24)19-11-7-6-10-18(19)17-8-4-3-5-9-17/h3-14H,15H2,1-2H3,(H,23,24). The summed E-state index contributed by atoms with van der Waals surface area (Å²) >= 11 is 0. The lowest BCUT2D eigenvalue weighted by atomic mass is 9.99. The Balaban J connectivity index is 1.78. The van der Waals surface area contributed by atoms with E-state index in [1.807, 2.05) is 72.8 Å². The highest BCUT2D eigenvalue weighted by molar-refractivity contribution is 6.00. The van der Waals surface area contributed by atoms with E-state index in [-0.39, 0.29) is 5.91 Å². The van der Waals surface area contributed by atoms with E-state index in [0.29, 0.717) is 23.6 Å². The molecule has 0 fully saturated rings. The van der Waals surface area contributed by atoms with Crippen LogP contribution in [0, 0.1) is 0 Å². The lowest BCUT2D eigenvalue weighted by molar-refractivity contribution is 0.0951. The molecule has 0 aromatic heterocycles. The number of rotatable bonds is 6. The molecule has 0 aliphatic rings. The van der Waals surface area contributed by atoms with Crippen LogP contribution in [0.4, 0.5) is 0 Å². The Hall–Kier alpha value is -3.27. The van der Waals surface area contributed by atoms with Crippen molar-refractivity contribution < 1.29 is 14.3 Å². The molecule has 0 aliphatic carbocycles. The molecule has 0 bridgehead atoms. The molecular weight excluding hydrogens is 326 g/mol. The van der Waals surface area contributed by atoms with Crippen LogP contribution in [0.2, 0.25) is 0 Å². The van der Waals surface area contributed by atoms with Gasteiger partial charge in [0, 0.05) is 12.1 Å². The Morgan fingerprint density at radius 1 is 0.846 bits per heavy atom. The van der Waals surface area contributed by atoms with Gasteiger partial charge in [-0.05, 0) is 34.9 Å². The van der Waals surface area contributed by atoms with Crippen molar-refractivity contribution >= 4 is 5.91 Å². The van der Waals surface area contributed by atoms with E-state index in [0.717, 1.165) is 16.7 Å². The van der Waals surface area contributed by atoms with Crippen LogP contribution in [-0.4, -0.2) is 20.1 Å². The van der Waals surface area contributed by atoms with Gasteiger partial charge in [0.2, 0.25) is 0 Å². The number of nitrogens with one attached hydrogen (secondary N) is 1. The van der Waals surface area contributed by atoms with E-state index in [1.165, 1.54) is 0 Å². The Morgan fingerprint density at radius 3 is 2.27 bits per heavy atom. The molecule has 4 heteroatoms. The number of carbonyl (C=O) groups is 1. The molecule has 1 amide bonds. The zero-order valence-electron chi connectivity index (χ0n) is 14.9. The monoisotopic (exact) mass is 347 g/mol. The van der Waals surface area contributed by atoms with Gasteiger partial charge in [-0.3, -0.25) is 4.79 Å². The minimum Gasteiger partial charge on any atom is -0.493 e. The van der Waals surface area contributed by atoms with Gasteiger partial charge < -0.3 is 14.8 Å². The topological polar surface area (TPSA) is 47.6 Å². The maximum atomic E-state index is 12.7. The van der Waals surface area contributed by atoms with Gasteiger partial charge >= 0.3 is 0 Å². The van der Waals surface area contributed by atoms with E-state index in [4.69, 9.17) is 9.47 Å². The van der Waals surface area contributed by atoms with Crippen LogP contribution < -0.4 is 14.8 Å². The van der Waals surface area contributed by atoms with Gasteiger partial charge in [-0.15, -0.1) is 0 Å². The predicted molar refractivity (Wildman–Crippen MR) is 103 cm³/mol. The molecule has 3 aromatic carbocycles. The fourth-order valence-corrected chi connectivity index (χ4v) is 2.82. The molecular formula is C22H21NO3. The van der Waals surface area contributed by atoms with Crippen LogP contribution in [0.15, 0.2) is 72.8 Å². The molecule has 3 aromatic rings. The van der Waals surface area contributed by atoms with Crippen molar-refractivity contribution in [2.75, 3.05) is 14.2 Å². The van der Waals surface area contributed by atoms with E-state index < -0.39 is 0 Å². The molecule has 0 atom stereocenters. The first-order valence-electron chi connectivity index (χ1n) is 8.36. The number of carbonyl (C=O) groups excluding carboxylic acids is 1. The number of hydrogen-bond acceptors (Lipinski definition) is 3. The average Bonchev–Trinajstić information content (AvgIpc) is 2.72. The van der Waals surface area contributed by atoms with Gasteiger partial charge in [-0.1, -0.05) is 54.6 Å². The van der Waals surface area contributed by atoms with Crippen LogP contribution >= 0.6 is 0 Å². The zero-order valence-corrected chi connectivity index (χ0v) is 14.9. The fraction of sp³-hybridized carbons (Fsp3) is 0.136. The first-order valence-corrected chi connectivity index (χ1v) is 8.36. The molecule has 0 heterocycles. The number of amides is 1. The number of ether oxygens (including phenoxy) is 2. The number of hydrogen-bond donors (Lipinski definition) is 1. The molecule has 0 aliphatic heterocycles. The minimum atomic E-state index is -0.112. The maximum Gasteiger partial charge on any atom is 0.252 e. The first-order chi connectivity index (χ1) is 12.7. The molecule has 26 heavy (non-hydrogen) atoms. The zero-order chi connectivity index (χ0) is 18.4. The third kappa shape index (κ3) is 3.86. The molecule has 0 spiro atoms. The summed E-state index contributed by atoms with van der Waals surface area (Å²) in [5.41, 5.74) is 3.52. The molecule has 0 unspecified atom stereocenters. The SMILES string of the molecule is COc1ccc(CNC(=O)c2ccccc2-c2ccccc2)cc1OC. The Bertz CT molecular complexity index is 891. The third-order valence-corrected chi connectivity index (χ3v) is 4.16. The van der Waals surface area contributed by atoms with Crippen LogP contribution in [0.1, 0.15) is 15.9 Å². The highest BCUT2D eigenvalue weighted by Crippen LogP contribution is 2.28. The summed E-state index contributed by atoms with van der Waals surface area (Å²) in [5, 5.41) is 2.98. The Morgan fingerprint density at radius 2 is 1.54 bits per heavy atom. The molecule has 132 valence electrons. The van der Waals surface area contributed by atoms with Crippen molar-refractivity contribution in [2.45, 2.75) is 6.54 Å². The molecule has 3 rings (SSSR count). The van der Waals surface area contributed by atoms with Crippen molar-refractivity contribution in [1.29, 1.82) is 0 Å². The quantitative estimate of drug-likeness (QED) is 0.723. The fourth-order valence-electron chi connectivity index (χ4n) is 2.82. The molecule has 0 saturated carbocycles. The molecule has 1 N–H and O–H groups in total. The van der Waals surface area contributed by atoms with Crippen LogP contribution in [0.5, 0.6) is 11.5 Å². The molecule has 0 saturated heterocycles. The summed E-state index contributed by atoms with van der Waals surface area (Å²) in [6, 6.07) is 23.1. The predicted octanol–water partition coefficient (Wildman–Crippen LogP) is 4.30. The largest absolute Gasteiger partial charge is 0.493 e. The number of benzene rings is 3. The van der Waals surface area contributed by atoms with Crippen LogP contribution in [0.25, 0.3) is 11.1 Å². The second-order valence-electron chi connectivity index (χ2n) is 5.78. The van der Waals surface area contributed by atoms with E-state index in [9.17, 15) is 4.79 Å². The average molecular weight is 347 g/mol. The van der Waals surface area contributed by atoms with E-state index in [2.05, 4.69) is 5.32 Å². The van der Waals surface area contributed by atoms with Crippen molar-refractivity contribution in [3.05, 3.63) is 83.9 Å². The maximum absolute atomic E-state index is 12.7. The first kappa shape index (κ1) is 17.5. The van der Waals surface area contributed by atoms with Crippen molar-refractivity contribution in [2.24, 2.45) is 0 Å². The summed E-state index contributed by atoms with van der Waals surface area (Å²) in [7, 11) is 3.19. The van der Waals surface area contributed by atoms with Gasteiger partial charge in [0.1, 0.15) is 0 Å².